The summed E-state index contributed by atoms with van der Waals surface area (Å²) in [5.41, 5.74) is -1.49. The molecule has 0 aliphatic rings. The molecule has 162 valence electrons. The summed E-state index contributed by atoms with van der Waals surface area (Å²) in [5.74, 6) is -0.788. The average Bonchev–Trinajstić information content (AvgIpc) is 3.26. The van der Waals surface area contributed by atoms with Gasteiger partial charge in [-0.3, -0.25) is 14.9 Å². The number of methoxy groups -OCH3 is 1. The number of hydrogen-bond acceptors (Lipinski definition) is 8. The van der Waals surface area contributed by atoms with E-state index in [-0.39, 0.29) is 33.7 Å². The second-order valence-corrected chi connectivity index (χ2v) is 7.76. The minimum Gasteiger partial charge on any atom is -0.496 e. The molecule has 3 aromatic rings. The number of carbonyl (C=O) groups excluding carboxylic acids is 1. The zero-order chi connectivity index (χ0) is 22.6. The van der Waals surface area contributed by atoms with Crippen molar-refractivity contribution in [2.75, 3.05) is 18.2 Å². The van der Waals surface area contributed by atoms with Crippen LogP contribution in [0.1, 0.15) is 5.69 Å². The van der Waals surface area contributed by atoms with Gasteiger partial charge in [-0.15, -0.1) is 11.3 Å². The molecule has 13 heteroatoms. The molecule has 1 N–H and O–H groups in total. The lowest BCUT2D eigenvalue weighted by Gasteiger charge is -2.10. The van der Waals surface area contributed by atoms with Crippen molar-refractivity contribution in [2.24, 2.45) is 0 Å². The number of nitrogens with zero attached hydrogens (tertiary/aromatic N) is 3. The topological polar surface area (TPSA) is 107 Å². The maximum Gasteiger partial charge on any atom is 0.433 e. The Morgan fingerprint density at radius 3 is 2.68 bits per heavy atom. The number of anilines is 1. The maximum atomic E-state index is 13.2. The fourth-order valence-electron chi connectivity index (χ4n) is 2.40. The van der Waals surface area contributed by atoms with Crippen LogP contribution in [0.5, 0.6) is 5.75 Å². The number of aromatic nitrogens is 2. The van der Waals surface area contributed by atoms with Crippen LogP contribution in [-0.2, 0) is 11.0 Å². The van der Waals surface area contributed by atoms with E-state index < -0.39 is 22.7 Å². The number of halogens is 3. The van der Waals surface area contributed by atoms with Crippen molar-refractivity contribution in [1.82, 2.24) is 9.97 Å². The summed E-state index contributed by atoms with van der Waals surface area (Å²) in [6.45, 7) is 0. The highest BCUT2D eigenvalue weighted by Gasteiger charge is 2.34. The van der Waals surface area contributed by atoms with Gasteiger partial charge in [-0.2, -0.15) is 13.2 Å². The monoisotopic (exact) mass is 470 g/mol. The summed E-state index contributed by atoms with van der Waals surface area (Å²) < 4.78 is 44.5. The van der Waals surface area contributed by atoms with Crippen molar-refractivity contribution in [2.45, 2.75) is 11.3 Å². The van der Waals surface area contributed by atoms with E-state index in [2.05, 4.69) is 15.3 Å². The number of thioether (sulfide) groups is 1. The molecule has 0 saturated heterocycles. The fourth-order valence-corrected chi connectivity index (χ4v) is 3.74. The van der Waals surface area contributed by atoms with Crippen LogP contribution >= 0.6 is 23.1 Å². The molecule has 0 aliphatic carbocycles. The largest absolute Gasteiger partial charge is 0.496 e. The summed E-state index contributed by atoms with van der Waals surface area (Å²) in [6, 6.07) is 8.02. The standard InChI is InChI=1S/C18H13F3N4O4S2/c1-29-10-4-5-11(13(7-10)25(27)28)22-16(26)9-31-17-23-12(14-3-2-6-30-14)8-15(24-17)18(19,20)21/h2-8H,9H2,1H3,(H,22,26). The number of nitro benzene ring substituents is 1. The molecule has 0 spiro atoms. The second kappa shape index (κ2) is 9.31. The molecule has 1 amide bonds. The van der Waals surface area contributed by atoms with E-state index in [0.717, 1.165) is 12.1 Å². The van der Waals surface area contributed by atoms with Crippen molar-refractivity contribution >= 4 is 40.4 Å². The van der Waals surface area contributed by atoms with Gasteiger partial charge in [0.05, 0.1) is 34.4 Å². The molecule has 0 bridgehead atoms. The van der Waals surface area contributed by atoms with Crippen molar-refractivity contribution in [1.29, 1.82) is 0 Å². The van der Waals surface area contributed by atoms with E-state index >= 15 is 0 Å². The minimum absolute atomic E-state index is 0.0689. The number of carbonyl (C=O) groups is 1. The molecule has 1 aromatic carbocycles. The Bertz CT molecular complexity index is 1110. The SMILES string of the molecule is COc1ccc(NC(=O)CSc2nc(-c3cccs3)cc(C(F)(F)F)n2)c([N+](=O)[O-])c1. The summed E-state index contributed by atoms with van der Waals surface area (Å²) in [5, 5.41) is 15.0. The van der Waals surface area contributed by atoms with E-state index in [1.54, 1.807) is 17.5 Å². The van der Waals surface area contributed by atoms with Crippen molar-refractivity contribution < 1.29 is 27.6 Å². The van der Waals surface area contributed by atoms with E-state index in [1.165, 1.54) is 30.6 Å². The van der Waals surface area contributed by atoms with Crippen LogP contribution in [0.3, 0.4) is 0 Å². The number of rotatable bonds is 7. The van der Waals surface area contributed by atoms with Gasteiger partial charge in [-0.25, -0.2) is 9.97 Å². The van der Waals surface area contributed by atoms with Gasteiger partial charge in [0, 0.05) is 0 Å². The number of thiophene rings is 1. The average molecular weight is 470 g/mol. The Kier molecular flexibility index (Phi) is 6.75. The zero-order valence-corrected chi connectivity index (χ0v) is 17.3. The minimum atomic E-state index is -4.68. The number of amides is 1. The van der Waals surface area contributed by atoms with Gasteiger partial charge in [0.15, 0.2) is 5.16 Å². The Balaban J connectivity index is 1.77. The maximum absolute atomic E-state index is 13.2. The van der Waals surface area contributed by atoms with Gasteiger partial charge in [-0.1, -0.05) is 17.8 Å². The zero-order valence-electron chi connectivity index (χ0n) is 15.7. The molecular weight excluding hydrogens is 457 g/mol. The first-order chi connectivity index (χ1) is 14.7. The predicted molar refractivity (Wildman–Crippen MR) is 109 cm³/mol. The smallest absolute Gasteiger partial charge is 0.433 e. The first-order valence-electron chi connectivity index (χ1n) is 8.42. The fraction of sp³-hybridized carbons (Fsp3) is 0.167. The number of nitro groups is 1. The normalized spacial score (nSPS) is 11.2. The molecule has 0 atom stereocenters. The number of ether oxygens (including phenoxy) is 1. The number of alkyl halides is 3. The quantitative estimate of drug-likeness (QED) is 0.227. The molecule has 0 fully saturated rings. The molecular formula is C18H13F3N4O4S2. The van der Waals surface area contributed by atoms with E-state index in [0.29, 0.717) is 16.6 Å². The van der Waals surface area contributed by atoms with Crippen LogP contribution in [0.15, 0.2) is 46.9 Å². The summed E-state index contributed by atoms with van der Waals surface area (Å²) >= 11 is 1.90. The number of benzene rings is 1. The molecule has 0 aliphatic heterocycles. The van der Waals surface area contributed by atoms with Crippen LogP contribution in [0, 0.1) is 10.1 Å². The highest BCUT2D eigenvalue weighted by atomic mass is 32.2. The third-order valence-electron chi connectivity index (χ3n) is 3.78. The highest BCUT2D eigenvalue weighted by molar-refractivity contribution is 7.99. The molecule has 31 heavy (non-hydrogen) atoms. The first-order valence-corrected chi connectivity index (χ1v) is 10.3. The van der Waals surface area contributed by atoms with Crippen LogP contribution in [0.25, 0.3) is 10.6 Å². The molecule has 2 aromatic heterocycles. The Labute approximate surface area is 181 Å². The molecule has 8 nitrogen and oxygen atoms in total. The second-order valence-electron chi connectivity index (χ2n) is 5.87. The molecule has 2 heterocycles. The van der Waals surface area contributed by atoms with Crippen LogP contribution < -0.4 is 10.1 Å². The lowest BCUT2D eigenvalue weighted by atomic mass is 10.2. The van der Waals surface area contributed by atoms with Crippen LogP contribution in [-0.4, -0.2) is 33.7 Å². The highest BCUT2D eigenvalue weighted by Crippen LogP contribution is 2.33. The van der Waals surface area contributed by atoms with Gasteiger partial charge in [-0.05, 0) is 29.6 Å². The van der Waals surface area contributed by atoms with Gasteiger partial charge in [0.25, 0.3) is 5.69 Å². The molecule has 0 saturated carbocycles. The summed E-state index contributed by atoms with van der Waals surface area (Å²) in [4.78, 5) is 30.9. The third-order valence-corrected chi connectivity index (χ3v) is 5.52. The van der Waals surface area contributed by atoms with Crippen LogP contribution in [0.4, 0.5) is 24.5 Å². The van der Waals surface area contributed by atoms with Gasteiger partial charge >= 0.3 is 6.18 Å². The number of nitrogens with one attached hydrogen (secondary N) is 1. The Hall–Kier alpha value is -3.19. The summed E-state index contributed by atoms with van der Waals surface area (Å²) in [7, 11) is 1.34. The Morgan fingerprint density at radius 1 is 1.29 bits per heavy atom. The Morgan fingerprint density at radius 2 is 2.06 bits per heavy atom. The lowest BCUT2D eigenvalue weighted by molar-refractivity contribution is -0.384. The van der Waals surface area contributed by atoms with Crippen molar-refractivity contribution in [3.8, 4) is 16.3 Å². The van der Waals surface area contributed by atoms with E-state index in [9.17, 15) is 28.1 Å². The van der Waals surface area contributed by atoms with Crippen molar-refractivity contribution in [3.63, 3.8) is 0 Å². The van der Waals surface area contributed by atoms with E-state index in [1.807, 2.05) is 0 Å². The molecule has 0 unspecified atom stereocenters. The lowest BCUT2D eigenvalue weighted by Crippen LogP contribution is -2.16. The van der Waals surface area contributed by atoms with Gasteiger partial charge in [0.1, 0.15) is 17.1 Å². The molecule has 3 rings (SSSR count). The predicted octanol–water partition coefficient (Wildman–Crippen LogP) is 4.87. The van der Waals surface area contributed by atoms with Crippen molar-refractivity contribution in [3.05, 3.63) is 57.6 Å². The third kappa shape index (κ3) is 5.70. The first kappa shape index (κ1) is 22.5. The molecule has 0 radical (unpaired) electrons. The van der Waals surface area contributed by atoms with Gasteiger partial charge < -0.3 is 10.1 Å². The van der Waals surface area contributed by atoms with Gasteiger partial charge in [0.2, 0.25) is 5.91 Å². The summed E-state index contributed by atoms with van der Waals surface area (Å²) in [6.07, 6.45) is -4.68. The number of hydrogen-bond donors (Lipinski definition) is 1. The van der Waals surface area contributed by atoms with Crippen LogP contribution in [0.2, 0.25) is 0 Å². The van der Waals surface area contributed by atoms with E-state index in [4.69, 9.17) is 4.74 Å².